The van der Waals surface area contributed by atoms with Crippen LogP contribution in [0.15, 0.2) is 24.3 Å². The van der Waals surface area contributed by atoms with Crippen LogP contribution in [0.5, 0.6) is 0 Å². The van der Waals surface area contributed by atoms with Gasteiger partial charge < -0.3 is 19.4 Å². The van der Waals surface area contributed by atoms with E-state index in [1.54, 1.807) is 0 Å². The van der Waals surface area contributed by atoms with Gasteiger partial charge in [0.15, 0.2) is 0 Å². The monoisotopic (exact) mass is 1110 g/mol. The first-order valence-corrected chi connectivity index (χ1v) is 35.2. The smallest absolute Gasteiger partial charge is 0.456 e. The molecule has 9 nitrogen and oxygen atoms in total. The van der Waals surface area contributed by atoms with Crippen LogP contribution in [-0.2, 0) is 27.9 Å². The fourth-order valence-corrected chi connectivity index (χ4v) is 10.9. The Morgan fingerprint density at radius 3 is 1.14 bits per heavy atom. The second kappa shape index (κ2) is 57.7. The van der Waals surface area contributed by atoms with E-state index in [1.165, 1.54) is 225 Å². The molecule has 0 aromatic heterocycles. The second-order valence-corrected chi connectivity index (χ2v) is 25.8. The van der Waals surface area contributed by atoms with Crippen LogP contribution in [0.4, 0.5) is 0 Å². The molecule has 3 unspecified atom stereocenters. The Morgan fingerprint density at radius 2 is 0.766 bits per heavy atom. The number of likely N-dealkylation sites (N-methyl/N-ethyl adjacent to an activating group) is 1. The van der Waals surface area contributed by atoms with E-state index in [-0.39, 0.29) is 25.1 Å². The highest BCUT2D eigenvalue weighted by molar-refractivity contribution is 7.47. The van der Waals surface area contributed by atoms with Gasteiger partial charge in [-0.2, -0.15) is 0 Å². The van der Waals surface area contributed by atoms with E-state index in [0.29, 0.717) is 23.9 Å². The highest BCUT2D eigenvalue weighted by atomic mass is 31.2. The number of amides is 1. The van der Waals surface area contributed by atoms with Gasteiger partial charge in [0, 0.05) is 12.8 Å². The molecule has 0 saturated heterocycles. The minimum absolute atomic E-state index is 0.0420. The number of allylic oxidation sites excluding steroid dienone is 3. The minimum atomic E-state index is -4.44. The summed E-state index contributed by atoms with van der Waals surface area (Å²) in [6, 6.07) is -0.846. The lowest BCUT2D eigenvalue weighted by atomic mass is 10.0. The number of hydrogen-bond acceptors (Lipinski definition) is 6. The van der Waals surface area contributed by atoms with Crippen LogP contribution < -0.4 is 5.32 Å². The van der Waals surface area contributed by atoms with E-state index >= 15 is 0 Å². The standard InChI is InChI=1S/C67H131N2O7P/c1-7-10-13-16-19-22-25-27-28-29-30-31-32-33-34-35-36-37-38-39-40-42-45-48-51-54-57-60-67(71)76-65(58-55-52-49-46-44-41-26-23-20-17-14-11-8-2)64(63-75-77(72,73)74-62-61-69(4,5)6)68-66(70)59-56-53-50-47-43-24-21-18-15-12-9-3/h18,21,55,58,64-65H,7-17,19-20,22-54,56-57,59-63H2,1-6H3,(H-,68,70,72,73)/p+1/b21-18-,58-55-. The summed E-state index contributed by atoms with van der Waals surface area (Å²) in [6.07, 6.45) is 69.2. The van der Waals surface area contributed by atoms with E-state index in [1.807, 2.05) is 33.3 Å². The number of carbonyl (C=O) groups is 2. The number of nitrogens with zero attached hydrogens (tertiary/aromatic N) is 1. The molecule has 0 heterocycles. The van der Waals surface area contributed by atoms with Gasteiger partial charge in [-0.05, 0) is 51.0 Å². The normalized spacial score (nSPS) is 13.7. The molecule has 77 heavy (non-hydrogen) atoms. The highest BCUT2D eigenvalue weighted by Gasteiger charge is 2.30. The summed E-state index contributed by atoms with van der Waals surface area (Å²) in [7, 11) is 1.51. The van der Waals surface area contributed by atoms with Crippen LogP contribution in [0.2, 0.25) is 0 Å². The number of unbranched alkanes of at least 4 members (excludes halogenated alkanes) is 44. The molecular weight excluding hydrogens is 976 g/mol. The van der Waals surface area contributed by atoms with Crippen molar-refractivity contribution in [2.45, 2.75) is 354 Å². The number of rotatable bonds is 62. The Hall–Kier alpha value is -1.51. The van der Waals surface area contributed by atoms with Gasteiger partial charge in [-0.25, -0.2) is 4.57 Å². The maximum atomic E-state index is 13.5. The van der Waals surface area contributed by atoms with E-state index in [0.717, 1.165) is 83.5 Å². The molecule has 0 bridgehead atoms. The second-order valence-electron chi connectivity index (χ2n) is 24.4. The Bertz CT molecular complexity index is 1370. The lowest BCUT2D eigenvalue weighted by Crippen LogP contribution is -2.47. The summed E-state index contributed by atoms with van der Waals surface area (Å²) in [5, 5.41) is 3.05. The third-order valence-corrected chi connectivity index (χ3v) is 16.4. The van der Waals surface area contributed by atoms with Gasteiger partial charge in [0.1, 0.15) is 19.3 Å². The van der Waals surface area contributed by atoms with Crippen molar-refractivity contribution in [1.29, 1.82) is 0 Å². The zero-order valence-corrected chi connectivity index (χ0v) is 53.1. The molecule has 0 aliphatic rings. The third kappa shape index (κ3) is 58.9. The molecule has 10 heteroatoms. The Balaban J connectivity index is 4.94. The average Bonchev–Trinajstić information content (AvgIpc) is 3.39. The quantitative estimate of drug-likeness (QED) is 0.0205. The topological polar surface area (TPSA) is 111 Å². The van der Waals surface area contributed by atoms with Crippen molar-refractivity contribution in [1.82, 2.24) is 5.32 Å². The maximum absolute atomic E-state index is 13.5. The van der Waals surface area contributed by atoms with Crippen molar-refractivity contribution in [3.05, 3.63) is 24.3 Å². The molecule has 0 aromatic rings. The van der Waals surface area contributed by atoms with Crippen LogP contribution >= 0.6 is 7.82 Å². The highest BCUT2D eigenvalue weighted by Crippen LogP contribution is 2.43. The van der Waals surface area contributed by atoms with Crippen molar-refractivity contribution in [3.8, 4) is 0 Å². The SMILES string of the molecule is CCCC/C=C\CCCCCCCC(=O)NC(COP(=O)(O)OCC[N+](C)(C)C)C(/C=C\CCCCCCCCCCCCC)OC(=O)CCCCCCCCCCCCCCCCCCCCCCCCCCCCC. The lowest BCUT2D eigenvalue weighted by Gasteiger charge is -2.27. The van der Waals surface area contributed by atoms with Gasteiger partial charge in [-0.1, -0.05) is 302 Å². The summed E-state index contributed by atoms with van der Waals surface area (Å²) in [4.78, 5) is 37.7. The minimum Gasteiger partial charge on any atom is -0.456 e. The van der Waals surface area contributed by atoms with E-state index in [4.69, 9.17) is 13.8 Å². The number of phosphoric ester groups is 1. The first-order valence-electron chi connectivity index (χ1n) is 33.7. The van der Waals surface area contributed by atoms with E-state index in [2.05, 4.69) is 38.2 Å². The molecule has 0 radical (unpaired) electrons. The van der Waals surface area contributed by atoms with Gasteiger partial charge >= 0.3 is 13.8 Å². The number of quaternary nitrogens is 1. The summed E-state index contributed by atoms with van der Waals surface area (Å²) in [6.45, 7) is 7.02. The molecule has 0 aromatic carbocycles. The first kappa shape index (κ1) is 75.5. The summed E-state index contributed by atoms with van der Waals surface area (Å²) in [5.41, 5.74) is 0. The van der Waals surface area contributed by atoms with Gasteiger partial charge in [0.25, 0.3) is 0 Å². The maximum Gasteiger partial charge on any atom is 0.472 e. The third-order valence-electron chi connectivity index (χ3n) is 15.4. The molecule has 0 fully saturated rings. The molecule has 0 aliphatic heterocycles. The molecular formula is C67H132N2O7P+. The average molecular weight is 1110 g/mol. The number of esters is 1. The van der Waals surface area contributed by atoms with Gasteiger partial charge in [0.05, 0.1) is 33.8 Å². The van der Waals surface area contributed by atoms with Crippen LogP contribution in [-0.4, -0.2) is 74.3 Å². The van der Waals surface area contributed by atoms with E-state index < -0.39 is 20.0 Å². The number of phosphoric acid groups is 1. The number of hydrogen-bond donors (Lipinski definition) is 2. The van der Waals surface area contributed by atoms with Crippen molar-refractivity contribution in [2.24, 2.45) is 0 Å². The fourth-order valence-electron chi connectivity index (χ4n) is 10.2. The van der Waals surface area contributed by atoms with Crippen LogP contribution in [0.3, 0.4) is 0 Å². The van der Waals surface area contributed by atoms with E-state index in [9.17, 15) is 19.0 Å². The zero-order valence-electron chi connectivity index (χ0n) is 52.2. The van der Waals surface area contributed by atoms with Crippen LogP contribution in [0, 0.1) is 0 Å². The van der Waals surface area contributed by atoms with Gasteiger partial charge in [-0.15, -0.1) is 0 Å². The largest absolute Gasteiger partial charge is 0.472 e. The first-order chi connectivity index (χ1) is 37.4. The predicted molar refractivity (Wildman–Crippen MR) is 333 cm³/mol. The van der Waals surface area contributed by atoms with Gasteiger partial charge in [-0.3, -0.25) is 18.6 Å². The molecule has 0 saturated carbocycles. The molecule has 1 amide bonds. The molecule has 0 aliphatic carbocycles. The molecule has 2 N–H and O–H groups in total. The van der Waals surface area contributed by atoms with Crippen molar-refractivity contribution < 1.29 is 37.3 Å². The Morgan fingerprint density at radius 1 is 0.442 bits per heavy atom. The zero-order chi connectivity index (χ0) is 56.4. The Kier molecular flexibility index (Phi) is 56.6. The molecule has 3 atom stereocenters. The predicted octanol–water partition coefficient (Wildman–Crippen LogP) is 20.9. The summed E-state index contributed by atoms with van der Waals surface area (Å²) >= 11 is 0. The molecule has 0 rings (SSSR count). The fraction of sp³-hybridized carbons (Fsp3) is 0.910. The Labute approximate surface area is 479 Å². The lowest BCUT2D eigenvalue weighted by molar-refractivity contribution is -0.870. The molecule has 0 spiro atoms. The summed E-state index contributed by atoms with van der Waals surface area (Å²) < 4.78 is 30.7. The number of ether oxygens (including phenoxy) is 1. The van der Waals surface area contributed by atoms with Gasteiger partial charge in [0.2, 0.25) is 5.91 Å². The van der Waals surface area contributed by atoms with Crippen LogP contribution in [0.1, 0.15) is 342 Å². The van der Waals surface area contributed by atoms with Crippen molar-refractivity contribution in [2.75, 3.05) is 40.9 Å². The van der Waals surface area contributed by atoms with Crippen LogP contribution in [0.25, 0.3) is 0 Å². The summed E-state index contributed by atoms with van der Waals surface area (Å²) in [5.74, 6) is -0.499. The number of nitrogens with one attached hydrogen (secondary N) is 1. The number of carbonyl (C=O) groups excluding carboxylic acids is 2. The van der Waals surface area contributed by atoms with Crippen molar-refractivity contribution >= 4 is 19.7 Å². The molecule has 456 valence electrons. The van der Waals surface area contributed by atoms with Crippen molar-refractivity contribution in [3.63, 3.8) is 0 Å².